The van der Waals surface area contributed by atoms with E-state index in [0.29, 0.717) is 5.92 Å². The Labute approximate surface area is 254 Å². The highest BCUT2D eigenvalue weighted by atomic mass is 16.5. The van der Waals surface area contributed by atoms with Crippen molar-refractivity contribution in [3.8, 4) is 11.5 Å². The number of nitrogen functional groups attached to an aromatic ring is 2. The van der Waals surface area contributed by atoms with E-state index in [0.717, 1.165) is 48.6 Å². The number of hydrogen-bond acceptors (Lipinski definition) is 4. The second-order valence-corrected chi connectivity index (χ2v) is 14.4. The molecule has 0 bridgehead atoms. The summed E-state index contributed by atoms with van der Waals surface area (Å²) in [4.78, 5) is 0. The third kappa shape index (κ3) is 6.33. The van der Waals surface area contributed by atoms with E-state index in [-0.39, 0.29) is 10.8 Å². The van der Waals surface area contributed by atoms with Crippen molar-refractivity contribution >= 4 is 11.4 Å². The molecule has 0 aliphatic heterocycles. The molecular formula is C38H52N2O2. The molecule has 4 rings (SSSR count). The van der Waals surface area contributed by atoms with Crippen LogP contribution in [0.5, 0.6) is 11.5 Å². The van der Waals surface area contributed by atoms with Crippen LogP contribution < -0.4 is 20.9 Å². The fraction of sp³-hybridized carbons (Fsp3) is 0.474. The lowest BCUT2D eigenvalue weighted by Gasteiger charge is -2.48. The summed E-state index contributed by atoms with van der Waals surface area (Å²) < 4.78 is 13.9. The number of nitrogens with two attached hydrogens (primary N) is 2. The molecular weight excluding hydrogens is 516 g/mol. The summed E-state index contributed by atoms with van der Waals surface area (Å²) in [7, 11) is 0. The van der Waals surface area contributed by atoms with E-state index in [1.807, 2.05) is 48.5 Å². The fourth-order valence-electron chi connectivity index (χ4n) is 6.31. The Kier molecular flexibility index (Phi) is 8.79. The average Bonchev–Trinajstić information content (AvgIpc) is 2.91. The number of benzene rings is 2. The number of anilines is 2. The molecule has 2 aromatic carbocycles. The van der Waals surface area contributed by atoms with Gasteiger partial charge in [-0.15, -0.1) is 0 Å². The van der Waals surface area contributed by atoms with Crippen LogP contribution in [0.1, 0.15) is 88.0 Å². The molecule has 226 valence electrons. The van der Waals surface area contributed by atoms with Crippen molar-refractivity contribution < 1.29 is 9.47 Å². The highest BCUT2D eigenvalue weighted by Gasteiger charge is 2.49. The van der Waals surface area contributed by atoms with Crippen molar-refractivity contribution in [1.82, 2.24) is 0 Å². The maximum absolute atomic E-state index is 6.93. The van der Waals surface area contributed by atoms with Gasteiger partial charge in [0, 0.05) is 41.0 Å². The monoisotopic (exact) mass is 568 g/mol. The van der Waals surface area contributed by atoms with Gasteiger partial charge in [-0.2, -0.15) is 0 Å². The molecule has 2 atom stereocenters. The van der Waals surface area contributed by atoms with E-state index >= 15 is 0 Å². The minimum absolute atomic E-state index is 0.142. The minimum atomic E-state index is -0.496. The van der Waals surface area contributed by atoms with Crippen molar-refractivity contribution in [1.29, 1.82) is 0 Å². The number of hydrogen-bond donors (Lipinski definition) is 2. The molecule has 0 spiro atoms. The predicted molar refractivity (Wildman–Crippen MR) is 179 cm³/mol. The van der Waals surface area contributed by atoms with Gasteiger partial charge in [-0.05, 0) is 81.0 Å². The van der Waals surface area contributed by atoms with Crippen LogP contribution in [0, 0.1) is 16.7 Å². The normalized spacial score (nSPS) is 23.7. The second-order valence-electron chi connectivity index (χ2n) is 14.4. The SMILES string of the molecule is CCCC(C1=C(C)C=CC(Oc2ccc(N)cc2)(C(C)(C)C)C1)C1=C(C)C=CC(Oc2ccc(N)cc2)(C(C)(C)C)C1. The van der Waals surface area contributed by atoms with Gasteiger partial charge < -0.3 is 20.9 Å². The Hall–Kier alpha value is -3.40. The van der Waals surface area contributed by atoms with Crippen LogP contribution in [0.2, 0.25) is 0 Å². The smallest absolute Gasteiger partial charge is 0.136 e. The molecule has 4 N–H and O–H groups in total. The van der Waals surface area contributed by atoms with E-state index < -0.39 is 11.2 Å². The predicted octanol–water partition coefficient (Wildman–Crippen LogP) is 9.85. The fourth-order valence-corrected chi connectivity index (χ4v) is 6.31. The molecule has 4 heteroatoms. The third-order valence-corrected chi connectivity index (χ3v) is 9.44. The van der Waals surface area contributed by atoms with E-state index in [1.54, 1.807) is 0 Å². The summed E-state index contributed by atoms with van der Waals surface area (Å²) in [5.41, 5.74) is 17.8. The van der Waals surface area contributed by atoms with E-state index in [1.165, 1.54) is 22.3 Å². The summed E-state index contributed by atoms with van der Waals surface area (Å²) in [6, 6.07) is 15.6. The van der Waals surface area contributed by atoms with Crippen LogP contribution in [0.3, 0.4) is 0 Å². The maximum Gasteiger partial charge on any atom is 0.136 e. The van der Waals surface area contributed by atoms with Crippen molar-refractivity contribution in [3.05, 3.63) is 95.1 Å². The average molecular weight is 569 g/mol. The van der Waals surface area contributed by atoms with E-state index in [9.17, 15) is 0 Å². The summed E-state index contributed by atoms with van der Waals surface area (Å²) in [6.07, 6.45) is 13.0. The van der Waals surface area contributed by atoms with Crippen molar-refractivity contribution in [3.63, 3.8) is 0 Å². The maximum atomic E-state index is 6.93. The van der Waals surface area contributed by atoms with Crippen molar-refractivity contribution in [2.75, 3.05) is 11.5 Å². The summed E-state index contributed by atoms with van der Waals surface area (Å²) in [5.74, 6) is 1.97. The quantitative estimate of drug-likeness (QED) is 0.311. The zero-order valence-electron chi connectivity index (χ0n) is 27.3. The molecule has 0 radical (unpaired) electrons. The second kappa shape index (κ2) is 11.7. The molecule has 0 saturated carbocycles. The summed E-state index contributed by atoms with van der Waals surface area (Å²) >= 11 is 0. The molecule has 0 fully saturated rings. The Morgan fingerprint density at radius 1 is 0.667 bits per heavy atom. The first-order chi connectivity index (χ1) is 19.6. The van der Waals surface area contributed by atoms with E-state index in [2.05, 4.69) is 86.6 Å². The Morgan fingerprint density at radius 3 is 1.33 bits per heavy atom. The molecule has 2 unspecified atom stereocenters. The lowest BCUT2D eigenvalue weighted by molar-refractivity contribution is 0.00388. The molecule has 2 aliphatic rings. The van der Waals surface area contributed by atoms with Crippen molar-refractivity contribution in [2.45, 2.75) is 99.2 Å². The first kappa shape index (κ1) is 31.5. The number of rotatable bonds is 8. The van der Waals surface area contributed by atoms with Crippen molar-refractivity contribution in [2.24, 2.45) is 16.7 Å². The zero-order chi connectivity index (χ0) is 30.9. The van der Waals surface area contributed by atoms with Gasteiger partial charge in [0.05, 0.1) is 0 Å². The third-order valence-electron chi connectivity index (χ3n) is 9.44. The first-order valence-corrected chi connectivity index (χ1v) is 15.5. The van der Waals surface area contributed by atoms with Crippen LogP contribution in [0.4, 0.5) is 11.4 Å². The van der Waals surface area contributed by atoms with Gasteiger partial charge in [-0.3, -0.25) is 0 Å². The molecule has 0 saturated heterocycles. The van der Waals surface area contributed by atoms with Gasteiger partial charge in [-0.1, -0.05) is 89.3 Å². The minimum Gasteiger partial charge on any atom is -0.482 e. The zero-order valence-corrected chi connectivity index (χ0v) is 27.3. The lowest BCUT2D eigenvalue weighted by Crippen LogP contribution is -2.50. The largest absolute Gasteiger partial charge is 0.482 e. The molecule has 4 nitrogen and oxygen atoms in total. The van der Waals surface area contributed by atoms with Crippen LogP contribution in [-0.4, -0.2) is 11.2 Å². The first-order valence-electron chi connectivity index (χ1n) is 15.5. The standard InChI is InChI=1S/C38H52N2O2/c1-10-11-32(33-24-37(35(4,5)6,22-20-26(33)2)41-30-16-12-28(39)13-17-30)34-25-38(36(7,8)9,23-21-27(34)3)42-31-18-14-29(40)15-19-31/h12-23,32H,10-11,24-25,39-40H2,1-9H3. The van der Waals surface area contributed by atoms with Gasteiger partial charge >= 0.3 is 0 Å². The highest BCUT2D eigenvalue weighted by molar-refractivity contribution is 5.47. The Bertz CT molecular complexity index is 1280. The van der Waals surface area contributed by atoms with Crippen LogP contribution in [-0.2, 0) is 0 Å². The van der Waals surface area contributed by atoms with Gasteiger partial charge in [-0.25, -0.2) is 0 Å². The molecule has 42 heavy (non-hydrogen) atoms. The molecule has 2 aliphatic carbocycles. The van der Waals surface area contributed by atoms with Gasteiger partial charge in [0.2, 0.25) is 0 Å². The molecule has 0 amide bonds. The number of allylic oxidation sites excluding steroid dienone is 4. The molecule has 2 aromatic rings. The van der Waals surface area contributed by atoms with E-state index in [4.69, 9.17) is 20.9 Å². The van der Waals surface area contributed by atoms with Crippen LogP contribution >= 0.6 is 0 Å². The Morgan fingerprint density at radius 2 is 1.02 bits per heavy atom. The van der Waals surface area contributed by atoms with Crippen LogP contribution in [0.25, 0.3) is 0 Å². The van der Waals surface area contributed by atoms with Crippen LogP contribution in [0.15, 0.2) is 95.1 Å². The summed E-state index contributed by atoms with van der Waals surface area (Å²) in [5, 5.41) is 0. The number of ether oxygens (including phenoxy) is 2. The Balaban J connectivity index is 1.75. The topological polar surface area (TPSA) is 70.5 Å². The highest BCUT2D eigenvalue weighted by Crippen LogP contribution is 2.51. The van der Waals surface area contributed by atoms with Gasteiger partial charge in [0.25, 0.3) is 0 Å². The molecule has 0 heterocycles. The summed E-state index contributed by atoms with van der Waals surface area (Å²) in [6.45, 7) is 20.5. The van der Waals surface area contributed by atoms with Gasteiger partial charge in [0.15, 0.2) is 0 Å². The lowest BCUT2D eigenvalue weighted by atomic mass is 9.63. The van der Waals surface area contributed by atoms with Gasteiger partial charge in [0.1, 0.15) is 22.7 Å². The molecule has 0 aromatic heterocycles.